The van der Waals surface area contributed by atoms with Crippen molar-refractivity contribution in [3.05, 3.63) is 28.2 Å². The Morgan fingerprint density at radius 1 is 1.42 bits per heavy atom. The van der Waals surface area contributed by atoms with Crippen molar-refractivity contribution in [2.75, 3.05) is 5.32 Å². The van der Waals surface area contributed by atoms with Crippen LogP contribution in [0.25, 0.3) is 0 Å². The lowest BCUT2D eigenvalue weighted by molar-refractivity contribution is -0.121. The van der Waals surface area contributed by atoms with Crippen molar-refractivity contribution in [2.24, 2.45) is 11.7 Å². The van der Waals surface area contributed by atoms with Crippen molar-refractivity contribution in [3.63, 3.8) is 0 Å². The Morgan fingerprint density at radius 2 is 2.05 bits per heavy atom. The number of halogens is 1. The fraction of sp³-hybridized carbons (Fsp3) is 0.385. The number of amides is 1. The van der Waals surface area contributed by atoms with Crippen LogP contribution in [0, 0.1) is 5.92 Å². The fourth-order valence-electron chi connectivity index (χ4n) is 1.92. The van der Waals surface area contributed by atoms with E-state index >= 15 is 0 Å². The van der Waals surface area contributed by atoms with Crippen molar-refractivity contribution in [2.45, 2.75) is 25.3 Å². The topological polar surface area (TPSA) is 92.4 Å². The standard InChI is InChI=1S/C13H15BrN2O3/c1-13(15,8-2-3-8)12(19)16-10-5-7(11(17)18)4-9(14)6-10/h4-6,8H,2-3,15H2,1H3,(H,16,19)(H,17,18). The highest BCUT2D eigenvalue weighted by Crippen LogP contribution is 2.38. The number of carbonyl (C=O) groups is 2. The van der Waals surface area contributed by atoms with Gasteiger partial charge < -0.3 is 16.2 Å². The molecule has 19 heavy (non-hydrogen) atoms. The number of carbonyl (C=O) groups excluding carboxylic acids is 1. The first-order valence-corrected chi connectivity index (χ1v) is 6.74. The van der Waals surface area contributed by atoms with E-state index in [0.29, 0.717) is 10.2 Å². The van der Waals surface area contributed by atoms with Crippen LogP contribution in [0.3, 0.4) is 0 Å². The van der Waals surface area contributed by atoms with Gasteiger partial charge in [0.05, 0.1) is 11.1 Å². The second kappa shape index (κ2) is 4.94. The van der Waals surface area contributed by atoms with Gasteiger partial charge >= 0.3 is 5.97 Å². The maximum absolute atomic E-state index is 12.1. The van der Waals surface area contributed by atoms with E-state index in [-0.39, 0.29) is 17.4 Å². The number of carboxylic acid groups (broad SMARTS) is 1. The number of rotatable bonds is 4. The summed E-state index contributed by atoms with van der Waals surface area (Å²) in [5.74, 6) is -1.13. The maximum atomic E-state index is 12.1. The van der Waals surface area contributed by atoms with E-state index in [1.807, 2.05) is 0 Å². The number of hydrogen-bond acceptors (Lipinski definition) is 3. The molecule has 0 heterocycles. The quantitative estimate of drug-likeness (QED) is 0.790. The molecule has 1 aliphatic rings. The summed E-state index contributed by atoms with van der Waals surface area (Å²) in [7, 11) is 0. The molecule has 102 valence electrons. The van der Waals surface area contributed by atoms with Gasteiger partial charge in [0.25, 0.3) is 0 Å². The Morgan fingerprint density at radius 3 is 2.58 bits per heavy atom. The molecule has 4 N–H and O–H groups in total. The fourth-order valence-corrected chi connectivity index (χ4v) is 2.41. The number of aromatic carboxylic acids is 1. The highest BCUT2D eigenvalue weighted by Gasteiger charge is 2.44. The summed E-state index contributed by atoms with van der Waals surface area (Å²) in [6.45, 7) is 1.70. The van der Waals surface area contributed by atoms with Gasteiger partial charge in [0.1, 0.15) is 0 Å². The van der Waals surface area contributed by atoms with Crippen LogP contribution in [-0.2, 0) is 4.79 Å². The molecule has 2 rings (SSSR count). The largest absolute Gasteiger partial charge is 0.478 e. The van der Waals surface area contributed by atoms with Crippen molar-refractivity contribution in [1.29, 1.82) is 0 Å². The van der Waals surface area contributed by atoms with Gasteiger partial charge in [0.15, 0.2) is 0 Å². The predicted octanol–water partition coefficient (Wildman–Crippen LogP) is 2.21. The molecule has 1 atom stereocenters. The zero-order chi connectivity index (χ0) is 14.2. The molecule has 1 amide bonds. The van der Waals surface area contributed by atoms with Gasteiger partial charge in [0, 0.05) is 10.2 Å². The molecule has 1 aliphatic carbocycles. The summed E-state index contributed by atoms with van der Waals surface area (Å²) >= 11 is 3.22. The number of hydrogen-bond donors (Lipinski definition) is 3. The molecule has 0 aliphatic heterocycles. The monoisotopic (exact) mass is 326 g/mol. The third kappa shape index (κ3) is 3.13. The summed E-state index contributed by atoms with van der Waals surface area (Å²) < 4.78 is 0.591. The highest BCUT2D eigenvalue weighted by molar-refractivity contribution is 9.10. The SMILES string of the molecule is CC(N)(C(=O)Nc1cc(Br)cc(C(=O)O)c1)C1CC1. The van der Waals surface area contributed by atoms with E-state index in [9.17, 15) is 9.59 Å². The number of benzene rings is 1. The number of carboxylic acids is 1. The van der Waals surface area contributed by atoms with Crippen LogP contribution < -0.4 is 11.1 Å². The smallest absolute Gasteiger partial charge is 0.335 e. The molecule has 1 unspecified atom stereocenters. The Labute approximate surface area is 119 Å². The van der Waals surface area contributed by atoms with Crippen molar-refractivity contribution in [1.82, 2.24) is 0 Å². The van der Waals surface area contributed by atoms with Crippen LogP contribution in [0.2, 0.25) is 0 Å². The molecule has 1 aromatic rings. The van der Waals surface area contributed by atoms with Gasteiger partial charge in [0.2, 0.25) is 5.91 Å². The third-order valence-electron chi connectivity index (χ3n) is 3.32. The average molecular weight is 327 g/mol. The minimum Gasteiger partial charge on any atom is -0.478 e. The lowest BCUT2D eigenvalue weighted by atomic mass is 9.96. The van der Waals surface area contributed by atoms with Crippen LogP contribution in [-0.4, -0.2) is 22.5 Å². The van der Waals surface area contributed by atoms with E-state index in [4.69, 9.17) is 10.8 Å². The number of anilines is 1. The van der Waals surface area contributed by atoms with E-state index < -0.39 is 11.5 Å². The summed E-state index contributed by atoms with van der Waals surface area (Å²) in [5, 5.41) is 11.7. The number of nitrogens with one attached hydrogen (secondary N) is 1. The summed E-state index contributed by atoms with van der Waals surface area (Å²) in [6, 6.07) is 4.53. The summed E-state index contributed by atoms with van der Waals surface area (Å²) in [4.78, 5) is 23.1. The van der Waals surface area contributed by atoms with Crippen LogP contribution in [0.1, 0.15) is 30.1 Å². The van der Waals surface area contributed by atoms with Gasteiger partial charge in [-0.3, -0.25) is 4.79 Å². The average Bonchev–Trinajstić information content (AvgIpc) is 3.11. The molecule has 0 bridgehead atoms. The Hall–Kier alpha value is -1.40. The molecule has 0 aromatic heterocycles. The van der Waals surface area contributed by atoms with Gasteiger partial charge in [-0.1, -0.05) is 15.9 Å². The first-order chi connectivity index (χ1) is 8.80. The Balaban J connectivity index is 2.19. The van der Waals surface area contributed by atoms with E-state index in [1.165, 1.54) is 12.1 Å². The first-order valence-electron chi connectivity index (χ1n) is 5.95. The minimum atomic E-state index is -1.05. The van der Waals surface area contributed by atoms with Gasteiger partial charge in [-0.15, -0.1) is 0 Å². The molecule has 0 radical (unpaired) electrons. The normalized spacial score (nSPS) is 17.6. The molecular weight excluding hydrogens is 312 g/mol. The summed E-state index contributed by atoms with van der Waals surface area (Å²) in [5.41, 5.74) is 5.63. The Kier molecular flexibility index (Phi) is 3.64. The molecule has 5 nitrogen and oxygen atoms in total. The van der Waals surface area contributed by atoms with Crippen molar-refractivity contribution >= 4 is 33.5 Å². The molecule has 1 fully saturated rings. The van der Waals surface area contributed by atoms with Crippen LogP contribution >= 0.6 is 15.9 Å². The Bertz CT molecular complexity index is 539. The maximum Gasteiger partial charge on any atom is 0.335 e. The van der Waals surface area contributed by atoms with E-state index in [0.717, 1.165) is 12.8 Å². The van der Waals surface area contributed by atoms with Gasteiger partial charge in [-0.05, 0) is 43.9 Å². The van der Waals surface area contributed by atoms with E-state index in [2.05, 4.69) is 21.2 Å². The second-order valence-electron chi connectivity index (χ2n) is 5.04. The molecule has 1 saturated carbocycles. The number of nitrogens with two attached hydrogens (primary N) is 1. The van der Waals surface area contributed by atoms with E-state index in [1.54, 1.807) is 13.0 Å². The second-order valence-corrected chi connectivity index (χ2v) is 5.96. The molecule has 0 saturated heterocycles. The van der Waals surface area contributed by atoms with Gasteiger partial charge in [-0.25, -0.2) is 4.79 Å². The lowest BCUT2D eigenvalue weighted by Crippen LogP contribution is -2.50. The van der Waals surface area contributed by atoms with Gasteiger partial charge in [-0.2, -0.15) is 0 Å². The third-order valence-corrected chi connectivity index (χ3v) is 3.78. The first kappa shape index (κ1) is 14.0. The zero-order valence-electron chi connectivity index (χ0n) is 10.4. The van der Waals surface area contributed by atoms with Crippen LogP contribution in [0.4, 0.5) is 5.69 Å². The molecular formula is C13H15BrN2O3. The zero-order valence-corrected chi connectivity index (χ0v) is 12.0. The van der Waals surface area contributed by atoms with Crippen molar-refractivity contribution in [3.8, 4) is 0 Å². The molecule has 6 heteroatoms. The highest BCUT2D eigenvalue weighted by atomic mass is 79.9. The molecule has 0 spiro atoms. The predicted molar refractivity (Wildman–Crippen MR) is 75.0 cm³/mol. The minimum absolute atomic E-state index is 0.106. The summed E-state index contributed by atoms with van der Waals surface area (Å²) in [6.07, 6.45) is 1.92. The molecule has 1 aromatic carbocycles. The van der Waals surface area contributed by atoms with Crippen molar-refractivity contribution < 1.29 is 14.7 Å². The van der Waals surface area contributed by atoms with Crippen LogP contribution in [0.15, 0.2) is 22.7 Å². The lowest BCUT2D eigenvalue weighted by Gasteiger charge is -2.23. The van der Waals surface area contributed by atoms with Crippen LogP contribution in [0.5, 0.6) is 0 Å².